The predicted octanol–water partition coefficient (Wildman–Crippen LogP) is 3.74. The van der Waals surface area contributed by atoms with Crippen LogP contribution in [0.5, 0.6) is 0 Å². The summed E-state index contributed by atoms with van der Waals surface area (Å²) in [5.74, 6) is -0.379. The van der Waals surface area contributed by atoms with Crippen LogP contribution < -0.4 is 10.6 Å². The predicted molar refractivity (Wildman–Crippen MR) is 81.6 cm³/mol. The molecule has 5 heteroatoms. The summed E-state index contributed by atoms with van der Waals surface area (Å²) in [6.45, 7) is 3.75. The lowest BCUT2D eigenvalue weighted by Gasteiger charge is -2.15. The maximum absolute atomic E-state index is 12.9. The van der Waals surface area contributed by atoms with E-state index in [9.17, 15) is 9.18 Å². The van der Waals surface area contributed by atoms with E-state index >= 15 is 0 Å². The van der Waals surface area contributed by atoms with Crippen LogP contribution in [0.15, 0.2) is 42.6 Å². The molecule has 1 heterocycles. The zero-order valence-corrected chi connectivity index (χ0v) is 12.1. The maximum Gasteiger partial charge on any atom is 0.224 e. The number of aromatic nitrogens is 1. The Labute approximate surface area is 123 Å². The molecule has 0 saturated heterocycles. The Hall–Kier alpha value is -2.43. The van der Waals surface area contributed by atoms with Gasteiger partial charge in [-0.3, -0.25) is 9.78 Å². The molecule has 0 fully saturated rings. The Balaban J connectivity index is 2.06. The van der Waals surface area contributed by atoms with Gasteiger partial charge in [-0.05, 0) is 37.3 Å². The van der Waals surface area contributed by atoms with E-state index in [0.29, 0.717) is 6.42 Å². The van der Waals surface area contributed by atoms with Gasteiger partial charge in [0.15, 0.2) is 0 Å². The molecule has 0 radical (unpaired) electrons. The van der Waals surface area contributed by atoms with Gasteiger partial charge in [-0.1, -0.05) is 13.0 Å². The molecule has 0 spiro atoms. The van der Waals surface area contributed by atoms with E-state index in [1.165, 1.54) is 12.3 Å². The SMILES string of the molecule is CCC(=O)Nc1cccc(NC(C)c2ccc(F)cn2)c1. The average molecular weight is 287 g/mol. The second kappa shape index (κ2) is 6.83. The standard InChI is InChI=1S/C16H18FN3O/c1-3-16(21)20-14-6-4-5-13(9-14)19-11(2)15-8-7-12(17)10-18-15/h4-11,19H,3H2,1-2H3,(H,20,21). The zero-order chi connectivity index (χ0) is 15.2. The Morgan fingerprint density at radius 1 is 1.29 bits per heavy atom. The van der Waals surface area contributed by atoms with E-state index in [4.69, 9.17) is 0 Å². The molecule has 1 amide bonds. The van der Waals surface area contributed by atoms with E-state index in [1.54, 1.807) is 13.0 Å². The molecule has 2 aromatic rings. The number of carbonyl (C=O) groups is 1. The monoisotopic (exact) mass is 287 g/mol. The van der Waals surface area contributed by atoms with Gasteiger partial charge in [-0.25, -0.2) is 4.39 Å². The van der Waals surface area contributed by atoms with Crippen LogP contribution in [-0.4, -0.2) is 10.9 Å². The van der Waals surface area contributed by atoms with Crippen LogP contribution in [0.4, 0.5) is 15.8 Å². The van der Waals surface area contributed by atoms with Crippen molar-refractivity contribution >= 4 is 17.3 Å². The molecule has 1 aromatic carbocycles. The molecule has 0 saturated carbocycles. The van der Waals surface area contributed by atoms with Crippen LogP contribution in [-0.2, 0) is 4.79 Å². The average Bonchev–Trinajstić information content (AvgIpc) is 2.48. The van der Waals surface area contributed by atoms with Crippen molar-refractivity contribution < 1.29 is 9.18 Å². The maximum atomic E-state index is 12.9. The van der Waals surface area contributed by atoms with Gasteiger partial charge in [-0.15, -0.1) is 0 Å². The Morgan fingerprint density at radius 3 is 2.71 bits per heavy atom. The molecular formula is C16H18FN3O. The minimum atomic E-state index is -0.352. The fourth-order valence-electron chi connectivity index (χ4n) is 1.90. The minimum Gasteiger partial charge on any atom is -0.377 e. The summed E-state index contributed by atoms with van der Waals surface area (Å²) in [6.07, 6.45) is 1.64. The van der Waals surface area contributed by atoms with E-state index in [-0.39, 0.29) is 17.8 Å². The first-order valence-corrected chi connectivity index (χ1v) is 6.86. The van der Waals surface area contributed by atoms with Gasteiger partial charge >= 0.3 is 0 Å². The van der Waals surface area contributed by atoms with Crippen LogP contribution in [0.2, 0.25) is 0 Å². The van der Waals surface area contributed by atoms with E-state index in [0.717, 1.165) is 17.1 Å². The molecule has 4 nitrogen and oxygen atoms in total. The van der Waals surface area contributed by atoms with Crippen molar-refractivity contribution in [2.75, 3.05) is 10.6 Å². The van der Waals surface area contributed by atoms with Crippen molar-refractivity contribution in [3.63, 3.8) is 0 Å². The number of amides is 1. The van der Waals surface area contributed by atoms with Gasteiger partial charge in [0.25, 0.3) is 0 Å². The number of hydrogen-bond acceptors (Lipinski definition) is 3. The van der Waals surface area contributed by atoms with E-state index in [1.807, 2.05) is 31.2 Å². The fourth-order valence-corrected chi connectivity index (χ4v) is 1.90. The first kappa shape index (κ1) is 15.0. The quantitative estimate of drug-likeness (QED) is 0.880. The molecule has 1 aromatic heterocycles. The summed E-state index contributed by atoms with van der Waals surface area (Å²) in [4.78, 5) is 15.4. The smallest absolute Gasteiger partial charge is 0.224 e. The van der Waals surface area contributed by atoms with E-state index < -0.39 is 0 Å². The second-order valence-corrected chi connectivity index (χ2v) is 4.75. The molecule has 2 N–H and O–H groups in total. The number of anilines is 2. The highest BCUT2D eigenvalue weighted by molar-refractivity contribution is 5.90. The van der Waals surface area contributed by atoms with Crippen molar-refractivity contribution in [2.24, 2.45) is 0 Å². The van der Waals surface area contributed by atoms with Gasteiger partial charge in [0, 0.05) is 17.8 Å². The number of hydrogen-bond donors (Lipinski definition) is 2. The molecule has 0 aliphatic heterocycles. The first-order valence-electron chi connectivity index (χ1n) is 6.86. The van der Waals surface area contributed by atoms with Crippen LogP contribution in [0.1, 0.15) is 32.0 Å². The van der Waals surface area contributed by atoms with Gasteiger partial charge in [-0.2, -0.15) is 0 Å². The third-order valence-corrected chi connectivity index (χ3v) is 3.04. The lowest BCUT2D eigenvalue weighted by molar-refractivity contribution is -0.115. The topological polar surface area (TPSA) is 54.0 Å². The Morgan fingerprint density at radius 2 is 2.05 bits per heavy atom. The highest BCUT2D eigenvalue weighted by atomic mass is 19.1. The number of nitrogens with zero attached hydrogens (tertiary/aromatic N) is 1. The fraction of sp³-hybridized carbons (Fsp3) is 0.250. The third-order valence-electron chi connectivity index (χ3n) is 3.04. The molecule has 1 atom stereocenters. The zero-order valence-electron chi connectivity index (χ0n) is 12.1. The minimum absolute atomic E-state index is 0.0274. The molecule has 2 rings (SSSR count). The van der Waals surface area contributed by atoms with E-state index in [2.05, 4.69) is 15.6 Å². The summed E-state index contributed by atoms with van der Waals surface area (Å²) >= 11 is 0. The lowest BCUT2D eigenvalue weighted by atomic mass is 10.2. The second-order valence-electron chi connectivity index (χ2n) is 4.75. The molecule has 0 aliphatic carbocycles. The van der Waals surface area contributed by atoms with Crippen LogP contribution in [0.25, 0.3) is 0 Å². The van der Waals surface area contributed by atoms with Gasteiger partial charge in [0.1, 0.15) is 5.82 Å². The number of benzene rings is 1. The van der Waals surface area contributed by atoms with Crippen molar-refractivity contribution in [1.82, 2.24) is 4.98 Å². The number of rotatable bonds is 5. The lowest BCUT2D eigenvalue weighted by Crippen LogP contribution is -2.11. The van der Waals surface area contributed by atoms with Gasteiger partial charge < -0.3 is 10.6 Å². The highest BCUT2D eigenvalue weighted by Crippen LogP contribution is 2.21. The van der Waals surface area contributed by atoms with Crippen molar-refractivity contribution in [3.05, 3.63) is 54.1 Å². The summed E-state index contributed by atoms with van der Waals surface area (Å²) in [7, 11) is 0. The molecule has 1 unspecified atom stereocenters. The summed E-state index contributed by atoms with van der Waals surface area (Å²) in [5.41, 5.74) is 2.35. The van der Waals surface area contributed by atoms with Crippen LogP contribution >= 0.6 is 0 Å². The van der Waals surface area contributed by atoms with Crippen LogP contribution in [0, 0.1) is 5.82 Å². The van der Waals surface area contributed by atoms with Crippen LogP contribution in [0.3, 0.4) is 0 Å². The first-order chi connectivity index (χ1) is 10.1. The molecule has 0 bridgehead atoms. The normalized spacial score (nSPS) is 11.8. The molecule has 0 aliphatic rings. The Kier molecular flexibility index (Phi) is 4.87. The van der Waals surface area contributed by atoms with Gasteiger partial charge in [0.2, 0.25) is 5.91 Å². The summed E-state index contributed by atoms with van der Waals surface area (Å²) in [5, 5.41) is 6.08. The number of halogens is 1. The van der Waals surface area contributed by atoms with Crippen molar-refractivity contribution in [2.45, 2.75) is 26.3 Å². The molecule has 110 valence electrons. The van der Waals surface area contributed by atoms with Crippen molar-refractivity contribution in [3.8, 4) is 0 Å². The van der Waals surface area contributed by atoms with Gasteiger partial charge in [0.05, 0.1) is 17.9 Å². The third kappa shape index (κ3) is 4.27. The molecular weight excluding hydrogens is 269 g/mol. The Bertz CT molecular complexity index is 613. The summed E-state index contributed by atoms with van der Waals surface area (Å²) in [6, 6.07) is 10.4. The highest BCUT2D eigenvalue weighted by Gasteiger charge is 2.07. The summed E-state index contributed by atoms with van der Waals surface area (Å²) < 4.78 is 12.9. The number of nitrogens with one attached hydrogen (secondary N) is 2. The largest absolute Gasteiger partial charge is 0.377 e. The molecule has 21 heavy (non-hydrogen) atoms. The number of pyridine rings is 1. The van der Waals surface area contributed by atoms with Crippen molar-refractivity contribution in [1.29, 1.82) is 0 Å². The number of carbonyl (C=O) groups excluding carboxylic acids is 1.